The Bertz CT molecular complexity index is 2350. The summed E-state index contributed by atoms with van der Waals surface area (Å²) >= 11 is 0. The van der Waals surface area contributed by atoms with E-state index in [-0.39, 0.29) is 5.41 Å². The zero-order valence-corrected chi connectivity index (χ0v) is 24.4. The lowest BCUT2D eigenvalue weighted by molar-refractivity contribution is 0.663. The van der Waals surface area contributed by atoms with Gasteiger partial charge in [-0.3, -0.25) is 9.55 Å². The van der Waals surface area contributed by atoms with E-state index in [1.165, 1.54) is 22.3 Å². The molecule has 1 aliphatic rings. The van der Waals surface area contributed by atoms with Crippen LogP contribution in [0.25, 0.3) is 72.6 Å². The van der Waals surface area contributed by atoms with Gasteiger partial charge in [0.2, 0.25) is 5.95 Å². The van der Waals surface area contributed by atoms with E-state index in [9.17, 15) is 0 Å². The number of hydrogen-bond donors (Lipinski definition) is 0. The Hall–Kier alpha value is -5.68. The second-order valence-electron chi connectivity index (χ2n) is 11.9. The third-order valence-corrected chi connectivity index (χ3v) is 9.07. The average Bonchev–Trinajstić information content (AvgIpc) is 3.54. The average molecular weight is 566 g/mol. The van der Waals surface area contributed by atoms with Crippen molar-refractivity contribution in [2.75, 3.05) is 0 Å². The minimum atomic E-state index is -0.238. The molecule has 44 heavy (non-hydrogen) atoms. The maximum absolute atomic E-state index is 5.19. The fourth-order valence-corrected chi connectivity index (χ4v) is 7.09. The molecule has 3 heterocycles. The Kier molecular flexibility index (Phi) is 5.18. The zero-order chi connectivity index (χ0) is 29.4. The minimum absolute atomic E-state index is 0.238. The predicted octanol–water partition coefficient (Wildman–Crippen LogP) is 9.16. The molecule has 0 amide bonds. The van der Waals surface area contributed by atoms with Crippen LogP contribution in [0.5, 0.6) is 0 Å². The molecular formula is C39H27N5. The molecule has 8 aromatic rings. The molecule has 0 radical (unpaired) electrons. The first-order chi connectivity index (χ1) is 21.6. The van der Waals surface area contributed by atoms with Crippen LogP contribution < -0.4 is 0 Å². The number of fused-ring (bicyclic) bond motifs is 9. The highest BCUT2D eigenvalue weighted by Crippen LogP contribution is 2.53. The Morgan fingerprint density at radius 3 is 2.00 bits per heavy atom. The number of pyridine rings is 1. The molecule has 0 saturated heterocycles. The topological polar surface area (TPSA) is 56.5 Å². The monoisotopic (exact) mass is 565 g/mol. The summed E-state index contributed by atoms with van der Waals surface area (Å²) in [5, 5.41) is 3.36. The van der Waals surface area contributed by atoms with Gasteiger partial charge in [0, 0.05) is 38.9 Å². The molecular weight excluding hydrogens is 538 g/mol. The molecule has 5 nitrogen and oxygen atoms in total. The first-order valence-corrected chi connectivity index (χ1v) is 14.9. The lowest BCUT2D eigenvalue weighted by Crippen LogP contribution is -2.17. The van der Waals surface area contributed by atoms with Gasteiger partial charge >= 0.3 is 0 Å². The molecule has 0 N–H and O–H groups in total. The summed E-state index contributed by atoms with van der Waals surface area (Å²) in [4.78, 5) is 20.3. The van der Waals surface area contributed by atoms with Crippen molar-refractivity contribution in [3.8, 4) is 39.9 Å². The zero-order valence-electron chi connectivity index (χ0n) is 24.4. The van der Waals surface area contributed by atoms with Gasteiger partial charge in [-0.2, -0.15) is 9.97 Å². The van der Waals surface area contributed by atoms with Crippen LogP contribution in [0, 0.1) is 0 Å². The van der Waals surface area contributed by atoms with E-state index < -0.39 is 0 Å². The third kappa shape index (κ3) is 3.47. The standard InChI is InChI=1S/C39H27N5/c1-39(2)30-18-10-9-17-27(30)28-20-21-29-32-31(22-19-24-16-11-23-40-34(24)32)44(35(29)33(28)39)38-42-36(25-12-5-3-6-13-25)41-37(43-38)26-14-7-4-8-15-26/h3-23H,1-2H3. The molecule has 0 spiro atoms. The van der Waals surface area contributed by atoms with Gasteiger partial charge in [-0.15, -0.1) is 0 Å². The summed E-state index contributed by atoms with van der Waals surface area (Å²) in [7, 11) is 0. The van der Waals surface area contributed by atoms with Gasteiger partial charge in [-0.05, 0) is 34.4 Å². The van der Waals surface area contributed by atoms with Gasteiger partial charge in [0.15, 0.2) is 11.6 Å². The summed E-state index contributed by atoms with van der Waals surface area (Å²) < 4.78 is 2.26. The van der Waals surface area contributed by atoms with E-state index in [1.807, 2.05) is 48.7 Å². The summed E-state index contributed by atoms with van der Waals surface area (Å²) in [5.74, 6) is 1.87. The molecule has 3 aromatic heterocycles. The predicted molar refractivity (Wildman–Crippen MR) is 178 cm³/mol. The number of aromatic nitrogens is 5. The van der Waals surface area contributed by atoms with Crippen molar-refractivity contribution in [3.05, 3.63) is 139 Å². The van der Waals surface area contributed by atoms with Crippen LogP contribution in [-0.2, 0) is 5.41 Å². The van der Waals surface area contributed by atoms with Gasteiger partial charge in [0.1, 0.15) is 0 Å². The SMILES string of the molecule is CC1(C)c2ccccc2-c2ccc3c4c5ncccc5ccc4n(-c4nc(-c5ccccc5)nc(-c5ccccc5)n4)c3c21. The Labute approximate surface area is 254 Å². The van der Waals surface area contributed by atoms with E-state index in [4.69, 9.17) is 19.9 Å². The Morgan fingerprint density at radius 1 is 0.591 bits per heavy atom. The number of hydrogen-bond acceptors (Lipinski definition) is 4. The fourth-order valence-electron chi connectivity index (χ4n) is 7.09. The summed E-state index contributed by atoms with van der Waals surface area (Å²) in [6.07, 6.45) is 1.88. The smallest absolute Gasteiger partial charge is 0.238 e. The summed E-state index contributed by atoms with van der Waals surface area (Å²) in [6, 6.07) is 42.1. The normalized spacial score (nSPS) is 13.4. The van der Waals surface area contributed by atoms with Crippen molar-refractivity contribution in [1.82, 2.24) is 24.5 Å². The number of rotatable bonds is 3. The highest BCUT2D eigenvalue weighted by Gasteiger charge is 2.39. The van der Waals surface area contributed by atoms with Gasteiger partial charge < -0.3 is 0 Å². The lowest BCUT2D eigenvalue weighted by atomic mass is 9.81. The van der Waals surface area contributed by atoms with Crippen molar-refractivity contribution in [2.45, 2.75) is 19.3 Å². The van der Waals surface area contributed by atoms with Gasteiger partial charge in [0.25, 0.3) is 0 Å². The lowest BCUT2D eigenvalue weighted by Gasteiger charge is -2.23. The van der Waals surface area contributed by atoms with Gasteiger partial charge in [-0.1, -0.05) is 123 Å². The van der Waals surface area contributed by atoms with E-state index in [2.05, 4.69) is 97.3 Å². The first kappa shape index (κ1) is 24.9. The minimum Gasteiger partial charge on any atom is -0.277 e. The van der Waals surface area contributed by atoms with Crippen molar-refractivity contribution in [2.24, 2.45) is 0 Å². The largest absolute Gasteiger partial charge is 0.277 e. The van der Waals surface area contributed by atoms with Gasteiger partial charge in [-0.25, -0.2) is 4.98 Å². The first-order valence-electron chi connectivity index (χ1n) is 14.9. The molecule has 0 bridgehead atoms. The highest BCUT2D eigenvalue weighted by molar-refractivity contribution is 6.21. The maximum atomic E-state index is 5.19. The Balaban J connectivity index is 1.47. The molecule has 5 aromatic carbocycles. The molecule has 0 aliphatic heterocycles. The van der Waals surface area contributed by atoms with Crippen LogP contribution in [0.1, 0.15) is 25.0 Å². The Morgan fingerprint density at radius 2 is 1.27 bits per heavy atom. The number of nitrogens with zero attached hydrogens (tertiary/aromatic N) is 5. The molecule has 9 rings (SSSR count). The fraction of sp³-hybridized carbons (Fsp3) is 0.0769. The maximum Gasteiger partial charge on any atom is 0.238 e. The van der Waals surface area contributed by atoms with Crippen LogP contribution in [0.15, 0.2) is 128 Å². The highest BCUT2D eigenvalue weighted by atomic mass is 15.2. The summed E-state index contributed by atoms with van der Waals surface area (Å²) in [5.41, 5.74) is 9.89. The van der Waals surface area contributed by atoms with Crippen molar-refractivity contribution >= 4 is 32.7 Å². The van der Waals surface area contributed by atoms with E-state index >= 15 is 0 Å². The van der Waals surface area contributed by atoms with E-state index in [0.29, 0.717) is 17.6 Å². The van der Waals surface area contributed by atoms with Crippen LogP contribution in [0.4, 0.5) is 0 Å². The van der Waals surface area contributed by atoms with Crippen LogP contribution in [0.3, 0.4) is 0 Å². The molecule has 0 saturated carbocycles. The summed E-state index contributed by atoms with van der Waals surface area (Å²) in [6.45, 7) is 4.65. The second kappa shape index (κ2) is 9.16. The third-order valence-electron chi connectivity index (χ3n) is 9.07. The number of benzene rings is 5. The molecule has 0 unspecified atom stereocenters. The van der Waals surface area contributed by atoms with E-state index in [0.717, 1.165) is 43.8 Å². The van der Waals surface area contributed by atoms with Crippen LogP contribution >= 0.6 is 0 Å². The molecule has 1 aliphatic carbocycles. The molecule has 0 atom stereocenters. The van der Waals surface area contributed by atoms with Crippen molar-refractivity contribution < 1.29 is 0 Å². The molecule has 208 valence electrons. The van der Waals surface area contributed by atoms with Crippen molar-refractivity contribution in [1.29, 1.82) is 0 Å². The van der Waals surface area contributed by atoms with Crippen molar-refractivity contribution in [3.63, 3.8) is 0 Å². The van der Waals surface area contributed by atoms with E-state index in [1.54, 1.807) is 0 Å². The quantitative estimate of drug-likeness (QED) is 0.214. The molecule has 0 fully saturated rings. The van der Waals surface area contributed by atoms with Crippen LogP contribution in [0.2, 0.25) is 0 Å². The molecule has 5 heteroatoms. The van der Waals surface area contributed by atoms with Gasteiger partial charge in [0.05, 0.1) is 16.6 Å². The second-order valence-corrected chi connectivity index (χ2v) is 11.9. The van der Waals surface area contributed by atoms with Crippen LogP contribution in [-0.4, -0.2) is 24.5 Å².